The van der Waals surface area contributed by atoms with Crippen LogP contribution in [-0.2, 0) is 9.47 Å². The van der Waals surface area contributed by atoms with Crippen molar-refractivity contribution in [1.82, 2.24) is 19.5 Å². The van der Waals surface area contributed by atoms with E-state index in [4.69, 9.17) is 9.47 Å². The number of rotatable bonds is 3. The van der Waals surface area contributed by atoms with Gasteiger partial charge in [-0.25, -0.2) is 24.5 Å². The van der Waals surface area contributed by atoms with Gasteiger partial charge in [0.15, 0.2) is 17.0 Å². The van der Waals surface area contributed by atoms with Crippen LogP contribution in [-0.4, -0.2) is 42.9 Å². The van der Waals surface area contributed by atoms with Gasteiger partial charge in [0.05, 0.1) is 6.33 Å². The van der Waals surface area contributed by atoms with Crippen molar-refractivity contribution in [2.24, 2.45) is 5.92 Å². The minimum atomic E-state index is -0.885. The number of anilines is 1. The van der Waals surface area contributed by atoms with Gasteiger partial charge in [0.25, 0.3) is 0 Å². The maximum atomic E-state index is 13.0. The van der Waals surface area contributed by atoms with Crippen LogP contribution in [0.3, 0.4) is 0 Å². The smallest absolute Gasteiger partial charge is 0.425 e. The van der Waals surface area contributed by atoms with Gasteiger partial charge in [-0.05, 0) is 66.7 Å². The van der Waals surface area contributed by atoms with Gasteiger partial charge in [-0.2, -0.15) is 4.90 Å². The van der Waals surface area contributed by atoms with Gasteiger partial charge in [-0.15, -0.1) is 6.58 Å². The molecule has 0 saturated heterocycles. The summed E-state index contributed by atoms with van der Waals surface area (Å²) in [4.78, 5) is 39.8. The number of hydrogen-bond donors (Lipinski definition) is 0. The zero-order valence-electron chi connectivity index (χ0n) is 19.1. The second-order valence-corrected chi connectivity index (χ2v) is 9.78. The Hall–Kier alpha value is -2.97. The summed E-state index contributed by atoms with van der Waals surface area (Å²) in [6.07, 6.45) is 6.17. The van der Waals surface area contributed by atoms with Crippen LogP contribution in [0.1, 0.15) is 66.8 Å². The molecule has 2 unspecified atom stereocenters. The third-order valence-corrected chi connectivity index (χ3v) is 4.88. The number of fused-ring (bicyclic) bond motifs is 1. The number of allylic oxidation sites excluding steroid dienone is 1. The highest BCUT2D eigenvalue weighted by molar-refractivity contribution is 6.12. The highest BCUT2D eigenvalue weighted by atomic mass is 16.6. The molecule has 1 aliphatic rings. The van der Waals surface area contributed by atoms with Crippen LogP contribution in [0.2, 0.25) is 0 Å². The van der Waals surface area contributed by atoms with Crippen molar-refractivity contribution in [1.29, 1.82) is 0 Å². The van der Waals surface area contributed by atoms with Crippen molar-refractivity contribution in [2.75, 3.05) is 4.90 Å². The molecule has 3 rings (SSSR count). The largest absolute Gasteiger partial charge is 0.443 e. The monoisotopic (exact) mass is 429 g/mol. The fourth-order valence-electron chi connectivity index (χ4n) is 3.59. The van der Waals surface area contributed by atoms with Crippen molar-refractivity contribution < 1.29 is 19.1 Å². The van der Waals surface area contributed by atoms with E-state index in [0.717, 1.165) is 24.2 Å². The van der Waals surface area contributed by atoms with Crippen LogP contribution >= 0.6 is 0 Å². The molecule has 2 aromatic heterocycles. The zero-order valence-corrected chi connectivity index (χ0v) is 19.1. The Morgan fingerprint density at radius 2 is 1.68 bits per heavy atom. The molecule has 1 aliphatic carbocycles. The molecule has 0 bridgehead atoms. The molecule has 1 saturated carbocycles. The summed E-state index contributed by atoms with van der Waals surface area (Å²) in [6, 6.07) is 0.215. The number of hydrogen-bond acceptors (Lipinski definition) is 7. The third-order valence-electron chi connectivity index (χ3n) is 4.88. The molecule has 1 fully saturated rings. The number of nitrogens with zero attached hydrogens (tertiary/aromatic N) is 5. The minimum absolute atomic E-state index is 0.0329. The first-order valence-corrected chi connectivity index (χ1v) is 10.5. The van der Waals surface area contributed by atoms with Crippen molar-refractivity contribution in [2.45, 2.75) is 78.0 Å². The topological polar surface area (TPSA) is 99.4 Å². The van der Waals surface area contributed by atoms with Crippen LogP contribution in [0.25, 0.3) is 11.2 Å². The predicted molar refractivity (Wildman–Crippen MR) is 117 cm³/mol. The Balaban J connectivity index is 2.04. The van der Waals surface area contributed by atoms with Crippen LogP contribution in [0.15, 0.2) is 25.3 Å². The van der Waals surface area contributed by atoms with Crippen molar-refractivity contribution in [3.05, 3.63) is 25.3 Å². The Bertz CT molecular complexity index is 958. The summed E-state index contributed by atoms with van der Waals surface area (Å²) in [6.45, 7) is 14.2. The summed E-state index contributed by atoms with van der Waals surface area (Å²) in [5, 5.41) is 0. The summed E-state index contributed by atoms with van der Waals surface area (Å²) in [5.41, 5.74) is -0.739. The zero-order chi connectivity index (χ0) is 23.0. The van der Waals surface area contributed by atoms with Gasteiger partial charge in [0.2, 0.25) is 0 Å². The molecule has 0 aliphatic heterocycles. The lowest BCUT2D eigenvalue weighted by Gasteiger charge is -2.28. The van der Waals surface area contributed by atoms with E-state index in [-0.39, 0.29) is 11.9 Å². The molecule has 2 amide bonds. The number of carbonyl (C=O) groups excluding carboxylic acids is 2. The molecule has 2 heterocycles. The number of ether oxygens (including phenoxy) is 2. The highest BCUT2D eigenvalue weighted by Gasteiger charge is 2.36. The molecule has 168 valence electrons. The molecular weight excluding hydrogens is 398 g/mol. The fourth-order valence-corrected chi connectivity index (χ4v) is 3.59. The molecule has 2 atom stereocenters. The van der Waals surface area contributed by atoms with Crippen molar-refractivity contribution in [3.8, 4) is 0 Å². The molecule has 2 aromatic rings. The van der Waals surface area contributed by atoms with Crippen molar-refractivity contribution >= 4 is 29.2 Å². The van der Waals surface area contributed by atoms with Gasteiger partial charge in [0, 0.05) is 6.04 Å². The Morgan fingerprint density at radius 1 is 1.06 bits per heavy atom. The molecule has 9 heteroatoms. The van der Waals surface area contributed by atoms with Crippen LogP contribution in [0.4, 0.5) is 15.4 Å². The minimum Gasteiger partial charge on any atom is -0.443 e. The number of imide groups is 1. The maximum Gasteiger partial charge on any atom is 0.425 e. The molecule has 0 spiro atoms. The van der Waals surface area contributed by atoms with Gasteiger partial charge in [0.1, 0.15) is 17.5 Å². The standard InChI is InChI=1S/C22H31N5O4/c1-8-14-9-10-15(11-14)26-13-25-16-17(26)23-12-24-18(16)27(19(28)30-21(2,3)4)20(29)31-22(5,6)7/h8,12-15H,1,9-11H2,2-7H3. The van der Waals surface area contributed by atoms with Crippen LogP contribution in [0, 0.1) is 5.92 Å². The lowest BCUT2D eigenvalue weighted by atomic mass is 10.1. The number of amides is 2. The van der Waals surface area contributed by atoms with Crippen LogP contribution in [0.5, 0.6) is 0 Å². The SMILES string of the molecule is C=CC1CCC(n2cnc3c(N(C(=O)OC(C)(C)C)C(=O)OC(C)(C)C)ncnc32)C1. The average molecular weight is 430 g/mol. The molecule has 31 heavy (non-hydrogen) atoms. The van der Waals surface area contributed by atoms with E-state index in [2.05, 4.69) is 21.5 Å². The van der Waals surface area contributed by atoms with E-state index in [1.165, 1.54) is 6.33 Å². The lowest BCUT2D eigenvalue weighted by molar-refractivity contribution is 0.0429. The summed E-state index contributed by atoms with van der Waals surface area (Å²) < 4.78 is 12.9. The van der Waals surface area contributed by atoms with Gasteiger partial charge < -0.3 is 14.0 Å². The summed E-state index contributed by atoms with van der Waals surface area (Å²) in [7, 11) is 0. The first-order valence-electron chi connectivity index (χ1n) is 10.5. The average Bonchev–Trinajstić information content (AvgIpc) is 3.25. The summed E-state index contributed by atoms with van der Waals surface area (Å²) in [5.74, 6) is 0.481. The molecule has 9 nitrogen and oxygen atoms in total. The van der Waals surface area contributed by atoms with Gasteiger partial charge >= 0.3 is 12.2 Å². The quantitative estimate of drug-likeness (QED) is 0.631. The molecular formula is C22H31N5O4. The van der Waals surface area contributed by atoms with Gasteiger partial charge in [-0.1, -0.05) is 6.08 Å². The lowest BCUT2D eigenvalue weighted by Crippen LogP contribution is -2.44. The van der Waals surface area contributed by atoms with E-state index < -0.39 is 23.4 Å². The maximum absolute atomic E-state index is 13.0. The molecule has 0 aromatic carbocycles. The molecule has 0 N–H and O–H groups in total. The first-order chi connectivity index (χ1) is 14.4. The van der Waals surface area contributed by atoms with Crippen LogP contribution < -0.4 is 4.90 Å². The van der Waals surface area contributed by atoms with Gasteiger partial charge in [-0.3, -0.25) is 0 Å². The number of carbonyl (C=O) groups is 2. The Labute approximate surface area is 182 Å². The fraction of sp³-hybridized carbons (Fsp3) is 0.591. The second-order valence-electron chi connectivity index (χ2n) is 9.78. The highest BCUT2D eigenvalue weighted by Crippen LogP contribution is 2.37. The normalized spacial score (nSPS) is 19.3. The predicted octanol–water partition coefficient (Wildman–Crippen LogP) is 5.03. The molecule has 0 radical (unpaired) electrons. The first kappa shape index (κ1) is 22.7. The van der Waals surface area contributed by atoms with E-state index in [0.29, 0.717) is 17.1 Å². The van der Waals surface area contributed by atoms with Crippen molar-refractivity contribution in [3.63, 3.8) is 0 Å². The number of imidazole rings is 1. The Morgan fingerprint density at radius 3 is 2.19 bits per heavy atom. The summed E-state index contributed by atoms with van der Waals surface area (Å²) >= 11 is 0. The van der Waals surface area contributed by atoms with E-state index in [1.807, 2.05) is 10.6 Å². The second kappa shape index (κ2) is 8.28. The number of aromatic nitrogens is 4. The Kier molecular flexibility index (Phi) is 6.07. The van der Waals surface area contributed by atoms with E-state index >= 15 is 0 Å². The van der Waals surface area contributed by atoms with E-state index in [9.17, 15) is 9.59 Å². The third kappa shape index (κ3) is 5.21. The van der Waals surface area contributed by atoms with E-state index in [1.54, 1.807) is 47.9 Å².